The van der Waals surface area contributed by atoms with Crippen LogP contribution in [-0.4, -0.2) is 46.0 Å². The van der Waals surface area contributed by atoms with Gasteiger partial charge >= 0.3 is 0 Å². The number of hydrogen-bond donors (Lipinski definition) is 2. The summed E-state index contributed by atoms with van der Waals surface area (Å²) in [7, 11) is 1.60. The van der Waals surface area contributed by atoms with Crippen LogP contribution in [0.15, 0.2) is 43.2 Å². The number of anilines is 3. The van der Waals surface area contributed by atoms with Gasteiger partial charge in [0.05, 0.1) is 34.0 Å². The molecule has 0 radical (unpaired) electrons. The van der Waals surface area contributed by atoms with Crippen LogP contribution in [0.1, 0.15) is 25.7 Å². The highest BCUT2D eigenvalue weighted by molar-refractivity contribution is 6.42. The Bertz CT molecular complexity index is 1310. The Kier molecular flexibility index (Phi) is 6.42. The molecule has 2 saturated heterocycles. The Hall–Kier alpha value is -3.10. The molecule has 0 spiro atoms. The van der Waals surface area contributed by atoms with Crippen LogP contribution in [0, 0.1) is 5.82 Å². The van der Waals surface area contributed by atoms with E-state index in [2.05, 4.69) is 27.2 Å². The number of amides is 1. The minimum absolute atomic E-state index is 0.00151. The van der Waals surface area contributed by atoms with E-state index >= 15 is 0 Å². The summed E-state index contributed by atoms with van der Waals surface area (Å²) in [6.45, 7) is 3.65. The van der Waals surface area contributed by atoms with Gasteiger partial charge in [0, 0.05) is 29.6 Å². The van der Waals surface area contributed by atoms with E-state index in [9.17, 15) is 9.18 Å². The van der Waals surface area contributed by atoms with Crippen LogP contribution >= 0.6 is 23.2 Å². The normalized spacial score (nSPS) is 21.1. The number of fused-ring (bicyclic) bond motifs is 3. The van der Waals surface area contributed by atoms with Crippen LogP contribution in [0.3, 0.4) is 0 Å². The fraction of sp³-hybridized carbons (Fsp3) is 0.320. The summed E-state index contributed by atoms with van der Waals surface area (Å²) >= 11 is 11.9. The number of carbonyl (C=O) groups excluding carboxylic acids is 1. The first kappa shape index (κ1) is 23.6. The largest absolute Gasteiger partial charge is 0.495 e. The van der Waals surface area contributed by atoms with Crippen molar-refractivity contribution in [2.75, 3.05) is 17.7 Å². The van der Waals surface area contributed by atoms with E-state index < -0.39 is 5.82 Å². The standard InChI is InChI=1S/C25H24Cl2FN5O2/c1-3-22(34)33-14-4-5-15(33)9-13(8-14)31-20-10-16-19(11-21(20)35-2)29-12-30-25(16)32-18-7-6-17(26)23(27)24(18)28/h3,6-7,10-15,31H,1,4-5,8-9H2,2H3,(H,29,30,32)/t13-,14+,15-. The highest BCUT2D eigenvalue weighted by atomic mass is 35.5. The molecular formula is C25H24Cl2FN5O2. The Balaban J connectivity index is 1.45. The zero-order valence-corrected chi connectivity index (χ0v) is 20.5. The minimum Gasteiger partial charge on any atom is -0.495 e. The average molecular weight is 516 g/mol. The van der Waals surface area contributed by atoms with Crippen molar-refractivity contribution in [1.82, 2.24) is 14.9 Å². The third kappa shape index (κ3) is 4.36. The number of halogens is 3. The van der Waals surface area contributed by atoms with Gasteiger partial charge in [-0.25, -0.2) is 14.4 Å². The van der Waals surface area contributed by atoms with E-state index in [0.717, 1.165) is 31.4 Å². The van der Waals surface area contributed by atoms with Gasteiger partial charge in [-0.3, -0.25) is 4.79 Å². The molecule has 1 amide bonds. The van der Waals surface area contributed by atoms with E-state index in [1.165, 1.54) is 24.5 Å². The number of benzene rings is 2. The van der Waals surface area contributed by atoms with Gasteiger partial charge in [-0.05, 0) is 50.0 Å². The quantitative estimate of drug-likeness (QED) is 0.312. The van der Waals surface area contributed by atoms with Crippen LogP contribution in [-0.2, 0) is 4.79 Å². The topological polar surface area (TPSA) is 79.4 Å². The third-order valence-corrected chi connectivity index (χ3v) is 7.55. The summed E-state index contributed by atoms with van der Waals surface area (Å²) in [6.07, 6.45) is 6.46. The molecule has 7 nitrogen and oxygen atoms in total. The highest BCUT2D eigenvalue weighted by Crippen LogP contribution is 2.40. The lowest BCUT2D eigenvalue weighted by Crippen LogP contribution is -2.49. The molecule has 3 heterocycles. The number of piperidine rings is 1. The number of nitrogens with zero attached hydrogens (tertiary/aromatic N) is 3. The van der Waals surface area contributed by atoms with Crippen LogP contribution in [0.4, 0.5) is 21.6 Å². The molecule has 1 aromatic heterocycles. The number of aromatic nitrogens is 2. The Labute approximate surface area is 212 Å². The maximum Gasteiger partial charge on any atom is 0.246 e. The zero-order chi connectivity index (χ0) is 24.7. The molecule has 3 atom stereocenters. The number of hydrogen-bond acceptors (Lipinski definition) is 6. The monoisotopic (exact) mass is 515 g/mol. The number of carbonyl (C=O) groups is 1. The zero-order valence-electron chi connectivity index (χ0n) is 19.0. The molecule has 2 fully saturated rings. The maximum absolute atomic E-state index is 14.7. The first-order valence-electron chi connectivity index (χ1n) is 11.3. The average Bonchev–Trinajstić information content (AvgIpc) is 3.13. The Morgan fingerprint density at radius 1 is 1.20 bits per heavy atom. The second kappa shape index (κ2) is 9.51. The van der Waals surface area contributed by atoms with Gasteiger partial charge in [-0.1, -0.05) is 29.8 Å². The van der Waals surface area contributed by atoms with E-state index in [-0.39, 0.29) is 39.8 Å². The second-order valence-corrected chi connectivity index (χ2v) is 9.57. The van der Waals surface area contributed by atoms with Gasteiger partial charge in [0.25, 0.3) is 0 Å². The smallest absolute Gasteiger partial charge is 0.246 e. The van der Waals surface area contributed by atoms with E-state index in [1.807, 2.05) is 17.0 Å². The lowest BCUT2D eigenvalue weighted by atomic mass is 9.96. The summed E-state index contributed by atoms with van der Waals surface area (Å²) < 4.78 is 20.3. The molecule has 182 valence electrons. The van der Waals surface area contributed by atoms with Crippen molar-refractivity contribution in [3.8, 4) is 5.75 Å². The summed E-state index contributed by atoms with van der Waals surface area (Å²) in [5, 5.41) is 7.27. The van der Waals surface area contributed by atoms with Gasteiger partial charge < -0.3 is 20.3 Å². The third-order valence-electron chi connectivity index (χ3n) is 6.77. The summed E-state index contributed by atoms with van der Waals surface area (Å²) in [5.41, 5.74) is 1.57. The number of ether oxygens (including phenoxy) is 1. The van der Waals surface area contributed by atoms with E-state index in [1.54, 1.807) is 7.11 Å². The van der Waals surface area contributed by atoms with Crippen molar-refractivity contribution in [1.29, 1.82) is 0 Å². The maximum atomic E-state index is 14.7. The molecule has 5 rings (SSSR count). The molecule has 2 bridgehead atoms. The molecule has 0 saturated carbocycles. The summed E-state index contributed by atoms with van der Waals surface area (Å²) in [5.74, 6) is 0.403. The summed E-state index contributed by atoms with van der Waals surface area (Å²) in [4.78, 5) is 22.9. The molecule has 0 aliphatic carbocycles. The molecule has 2 aromatic carbocycles. The van der Waals surface area contributed by atoms with Crippen LogP contribution < -0.4 is 15.4 Å². The fourth-order valence-corrected chi connectivity index (χ4v) is 5.51. The minimum atomic E-state index is -0.658. The molecule has 2 aliphatic heterocycles. The second-order valence-electron chi connectivity index (χ2n) is 8.79. The predicted molar refractivity (Wildman–Crippen MR) is 136 cm³/mol. The van der Waals surface area contributed by atoms with Gasteiger partial charge in [-0.2, -0.15) is 0 Å². The number of rotatable bonds is 6. The van der Waals surface area contributed by atoms with Crippen LogP contribution in [0.5, 0.6) is 5.75 Å². The molecule has 0 unspecified atom stereocenters. The number of nitrogens with one attached hydrogen (secondary N) is 2. The lowest BCUT2D eigenvalue weighted by Gasteiger charge is -2.39. The molecule has 10 heteroatoms. The lowest BCUT2D eigenvalue weighted by molar-refractivity contribution is -0.130. The Morgan fingerprint density at radius 2 is 1.94 bits per heavy atom. The molecule has 3 aromatic rings. The van der Waals surface area contributed by atoms with Crippen molar-refractivity contribution >= 4 is 57.2 Å². The predicted octanol–water partition coefficient (Wildman–Crippen LogP) is 5.95. The first-order valence-corrected chi connectivity index (χ1v) is 12.1. The van der Waals surface area contributed by atoms with Crippen molar-refractivity contribution in [3.05, 3.63) is 59.1 Å². The molecule has 2 N–H and O–H groups in total. The highest BCUT2D eigenvalue weighted by Gasteiger charge is 2.42. The fourth-order valence-electron chi connectivity index (χ4n) is 5.20. The number of methoxy groups -OCH3 is 1. The van der Waals surface area contributed by atoms with Crippen molar-refractivity contribution in [2.24, 2.45) is 0 Å². The molecular weight excluding hydrogens is 492 g/mol. The van der Waals surface area contributed by atoms with Crippen LogP contribution in [0.2, 0.25) is 10.0 Å². The van der Waals surface area contributed by atoms with Crippen molar-refractivity contribution in [2.45, 2.75) is 43.8 Å². The molecule has 35 heavy (non-hydrogen) atoms. The summed E-state index contributed by atoms with van der Waals surface area (Å²) in [6, 6.07) is 7.31. The Morgan fingerprint density at radius 3 is 2.63 bits per heavy atom. The van der Waals surface area contributed by atoms with Gasteiger partial charge in [0.15, 0.2) is 5.82 Å². The van der Waals surface area contributed by atoms with Gasteiger partial charge in [0.1, 0.15) is 17.9 Å². The molecule has 2 aliphatic rings. The SMILES string of the molecule is C=CC(=O)N1[C@@H]2CC[C@H]1C[C@@H](Nc1cc3c(Nc4ccc(Cl)c(Cl)c4F)ncnc3cc1OC)C2. The van der Waals surface area contributed by atoms with Crippen molar-refractivity contribution in [3.63, 3.8) is 0 Å². The van der Waals surface area contributed by atoms with Crippen molar-refractivity contribution < 1.29 is 13.9 Å². The first-order chi connectivity index (χ1) is 16.9. The van der Waals surface area contributed by atoms with E-state index in [0.29, 0.717) is 22.5 Å². The van der Waals surface area contributed by atoms with Crippen LogP contribution in [0.25, 0.3) is 10.9 Å². The van der Waals surface area contributed by atoms with E-state index in [4.69, 9.17) is 27.9 Å². The van der Waals surface area contributed by atoms with Gasteiger partial charge in [0.2, 0.25) is 5.91 Å². The van der Waals surface area contributed by atoms with Gasteiger partial charge in [-0.15, -0.1) is 0 Å².